The van der Waals surface area contributed by atoms with Gasteiger partial charge in [0.05, 0.1) is 0 Å². The van der Waals surface area contributed by atoms with Gasteiger partial charge < -0.3 is 0 Å². The molecule has 1 nitrogen and oxygen atoms in total. The molecule has 0 aromatic heterocycles. The molecule has 0 bridgehead atoms. The molecule has 0 aliphatic carbocycles. The molecule has 1 heteroatoms. The lowest BCUT2D eigenvalue weighted by atomic mass is 10.1. The molecule has 0 saturated carbocycles. The van der Waals surface area contributed by atoms with Crippen molar-refractivity contribution in [1.82, 2.24) is 4.90 Å². The lowest BCUT2D eigenvalue weighted by Gasteiger charge is -2.26. The number of hydrogen-bond donors (Lipinski definition) is 0. The van der Waals surface area contributed by atoms with Gasteiger partial charge >= 0.3 is 0 Å². The number of hydrogen-bond acceptors (Lipinski definition) is 1. The van der Waals surface area contributed by atoms with Gasteiger partial charge in [0.25, 0.3) is 0 Å². The molecule has 0 amide bonds. The second kappa shape index (κ2) is 7.02. The van der Waals surface area contributed by atoms with Crippen molar-refractivity contribution in [1.29, 1.82) is 0 Å². The second-order valence-electron chi connectivity index (χ2n) is 4.07. The van der Waals surface area contributed by atoms with Gasteiger partial charge in [-0.25, -0.2) is 0 Å². The van der Waals surface area contributed by atoms with E-state index in [4.69, 9.17) is 0 Å². The van der Waals surface area contributed by atoms with E-state index >= 15 is 0 Å². The average molecular weight is 215 g/mol. The first-order valence-electron chi connectivity index (χ1n) is 5.77. The molecule has 1 unspecified atom stereocenters. The van der Waals surface area contributed by atoms with Crippen LogP contribution in [0.1, 0.15) is 12.5 Å². The summed E-state index contributed by atoms with van der Waals surface area (Å²) in [5.74, 6) is 0. The summed E-state index contributed by atoms with van der Waals surface area (Å²) in [5.41, 5.74) is 1.38. The average Bonchev–Trinajstić information content (AvgIpc) is 2.30. The summed E-state index contributed by atoms with van der Waals surface area (Å²) in [6, 6.07) is 11.1. The summed E-state index contributed by atoms with van der Waals surface area (Å²) in [6.45, 7) is 11.7. The summed E-state index contributed by atoms with van der Waals surface area (Å²) in [4.78, 5) is 2.37. The topological polar surface area (TPSA) is 3.24 Å². The smallest absolute Gasteiger partial charge is 0.0166 e. The fraction of sp³-hybridized carbons (Fsp3) is 0.333. The fourth-order valence-electron chi connectivity index (χ4n) is 1.85. The predicted octanol–water partition coefficient (Wildman–Crippen LogP) is 3.29. The van der Waals surface area contributed by atoms with Crippen LogP contribution in [-0.4, -0.2) is 24.0 Å². The van der Waals surface area contributed by atoms with Crippen LogP contribution in [0.5, 0.6) is 0 Å². The maximum atomic E-state index is 3.80. The summed E-state index contributed by atoms with van der Waals surface area (Å²) < 4.78 is 0. The molecule has 0 aliphatic heterocycles. The van der Waals surface area contributed by atoms with Gasteiger partial charge in [0.1, 0.15) is 0 Å². The Morgan fingerprint density at radius 1 is 1.12 bits per heavy atom. The van der Waals surface area contributed by atoms with Gasteiger partial charge in [-0.05, 0) is 18.9 Å². The highest BCUT2D eigenvalue weighted by molar-refractivity contribution is 5.15. The quantitative estimate of drug-likeness (QED) is 0.631. The molecule has 16 heavy (non-hydrogen) atoms. The van der Waals surface area contributed by atoms with E-state index in [0.29, 0.717) is 6.04 Å². The lowest BCUT2D eigenvalue weighted by Crippen LogP contribution is -2.34. The van der Waals surface area contributed by atoms with Gasteiger partial charge in [0.2, 0.25) is 0 Å². The number of nitrogens with zero attached hydrogens (tertiary/aromatic N) is 1. The van der Waals surface area contributed by atoms with Crippen molar-refractivity contribution in [3.8, 4) is 0 Å². The molecule has 0 fully saturated rings. The normalized spacial score (nSPS) is 12.4. The first-order chi connectivity index (χ1) is 7.77. The minimum atomic E-state index is 0.512. The van der Waals surface area contributed by atoms with Crippen molar-refractivity contribution >= 4 is 0 Å². The molecule has 0 spiro atoms. The van der Waals surface area contributed by atoms with Crippen LogP contribution in [0.15, 0.2) is 55.6 Å². The van der Waals surface area contributed by atoms with E-state index in [2.05, 4.69) is 55.3 Å². The van der Waals surface area contributed by atoms with E-state index in [-0.39, 0.29) is 0 Å². The molecule has 1 aromatic rings. The van der Waals surface area contributed by atoms with Crippen molar-refractivity contribution in [3.05, 3.63) is 61.2 Å². The van der Waals surface area contributed by atoms with E-state index in [0.717, 1.165) is 19.5 Å². The van der Waals surface area contributed by atoms with Crippen LogP contribution in [0, 0.1) is 0 Å². The summed E-state index contributed by atoms with van der Waals surface area (Å²) in [7, 11) is 0. The molecular formula is C15H21N. The van der Waals surface area contributed by atoms with E-state index in [1.807, 2.05) is 12.2 Å². The molecule has 86 valence electrons. The summed E-state index contributed by atoms with van der Waals surface area (Å²) in [6.07, 6.45) is 4.97. The zero-order chi connectivity index (χ0) is 11.8. The minimum absolute atomic E-state index is 0.512. The van der Waals surface area contributed by atoms with Crippen LogP contribution in [0.4, 0.5) is 0 Å². The molecule has 1 atom stereocenters. The molecule has 0 N–H and O–H groups in total. The first-order valence-corrected chi connectivity index (χ1v) is 5.77. The third-order valence-electron chi connectivity index (χ3n) is 2.72. The molecule has 1 rings (SSSR count). The van der Waals surface area contributed by atoms with Gasteiger partial charge in [-0.15, -0.1) is 13.2 Å². The van der Waals surface area contributed by atoms with Crippen molar-refractivity contribution in [2.45, 2.75) is 19.4 Å². The largest absolute Gasteiger partial charge is 0.293 e. The highest BCUT2D eigenvalue weighted by atomic mass is 15.1. The van der Waals surface area contributed by atoms with Crippen LogP contribution in [0.3, 0.4) is 0 Å². The van der Waals surface area contributed by atoms with Crippen LogP contribution in [0.25, 0.3) is 0 Å². The van der Waals surface area contributed by atoms with Gasteiger partial charge in [-0.1, -0.05) is 42.5 Å². The van der Waals surface area contributed by atoms with Crippen LogP contribution >= 0.6 is 0 Å². The molecule has 0 aliphatic rings. The highest BCUT2D eigenvalue weighted by Gasteiger charge is 2.11. The fourth-order valence-corrected chi connectivity index (χ4v) is 1.85. The van der Waals surface area contributed by atoms with Crippen molar-refractivity contribution in [2.24, 2.45) is 0 Å². The zero-order valence-corrected chi connectivity index (χ0v) is 10.1. The Morgan fingerprint density at radius 3 is 2.19 bits per heavy atom. The maximum absolute atomic E-state index is 3.80. The monoisotopic (exact) mass is 215 g/mol. The van der Waals surface area contributed by atoms with Crippen molar-refractivity contribution in [3.63, 3.8) is 0 Å². The van der Waals surface area contributed by atoms with Gasteiger partial charge in [-0.2, -0.15) is 0 Å². The standard InChI is InChI=1S/C15H21N/c1-4-11-16(12-5-2)14(3)13-15-9-7-6-8-10-15/h4-10,14H,1-2,11-13H2,3H3. The first kappa shape index (κ1) is 12.7. The van der Waals surface area contributed by atoms with E-state index in [1.54, 1.807) is 0 Å². The third-order valence-corrected chi connectivity index (χ3v) is 2.72. The lowest BCUT2D eigenvalue weighted by molar-refractivity contribution is 0.255. The second-order valence-corrected chi connectivity index (χ2v) is 4.07. The Labute approximate surface area is 99.1 Å². The Bertz CT molecular complexity index is 305. The molecule has 0 heterocycles. The van der Waals surface area contributed by atoms with E-state index in [1.165, 1.54) is 5.56 Å². The van der Waals surface area contributed by atoms with E-state index < -0.39 is 0 Å². The van der Waals surface area contributed by atoms with Crippen molar-refractivity contribution in [2.75, 3.05) is 13.1 Å². The zero-order valence-electron chi connectivity index (χ0n) is 10.1. The van der Waals surface area contributed by atoms with Gasteiger partial charge in [0.15, 0.2) is 0 Å². The third kappa shape index (κ3) is 4.03. The van der Waals surface area contributed by atoms with Crippen LogP contribution < -0.4 is 0 Å². The maximum Gasteiger partial charge on any atom is 0.0166 e. The highest BCUT2D eigenvalue weighted by Crippen LogP contribution is 2.08. The molecule has 1 aromatic carbocycles. The Balaban J connectivity index is 2.57. The van der Waals surface area contributed by atoms with Crippen molar-refractivity contribution < 1.29 is 0 Å². The molecule has 0 radical (unpaired) electrons. The van der Waals surface area contributed by atoms with Crippen LogP contribution in [0.2, 0.25) is 0 Å². The number of rotatable bonds is 7. The molecular weight excluding hydrogens is 194 g/mol. The number of benzene rings is 1. The summed E-state index contributed by atoms with van der Waals surface area (Å²) in [5, 5.41) is 0. The Morgan fingerprint density at radius 2 is 1.69 bits per heavy atom. The van der Waals surface area contributed by atoms with E-state index in [9.17, 15) is 0 Å². The molecule has 0 saturated heterocycles. The van der Waals surface area contributed by atoms with Crippen LogP contribution in [-0.2, 0) is 6.42 Å². The Hall–Kier alpha value is -1.34. The van der Waals surface area contributed by atoms with Gasteiger partial charge in [-0.3, -0.25) is 4.90 Å². The SMILES string of the molecule is C=CCN(CC=C)C(C)Cc1ccccc1. The Kier molecular flexibility index (Phi) is 5.58. The van der Waals surface area contributed by atoms with Gasteiger partial charge in [0, 0.05) is 19.1 Å². The summed E-state index contributed by atoms with van der Waals surface area (Å²) >= 11 is 0. The predicted molar refractivity (Wildman–Crippen MR) is 71.6 cm³/mol. The minimum Gasteiger partial charge on any atom is -0.293 e.